The molecule has 7 nitrogen and oxygen atoms in total. The average Bonchev–Trinajstić information content (AvgIpc) is 2.73. The molecule has 2 aromatic rings. The third kappa shape index (κ3) is 4.37. The highest BCUT2D eigenvalue weighted by atomic mass is 32.2. The number of nitrogens with zero attached hydrogens (tertiary/aromatic N) is 2. The molecule has 2 fully saturated rings. The van der Waals surface area contributed by atoms with Gasteiger partial charge in [-0.3, -0.25) is 4.72 Å². The minimum absolute atomic E-state index is 0.00375. The molecule has 0 aromatic heterocycles. The number of carboxylic acids is 1. The highest BCUT2D eigenvalue weighted by Gasteiger charge is 2.29. The molecule has 4 rings (SSSR count). The maximum atomic E-state index is 13.5. The molecule has 2 aliphatic rings. The fourth-order valence-electron chi connectivity index (χ4n) is 4.25. The number of anilines is 2. The minimum Gasteiger partial charge on any atom is -0.478 e. The Bertz CT molecular complexity index is 1140. The third-order valence-electron chi connectivity index (χ3n) is 6.16. The molecule has 31 heavy (non-hydrogen) atoms. The zero-order valence-corrected chi connectivity index (χ0v) is 18.0. The predicted molar refractivity (Wildman–Crippen MR) is 118 cm³/mol. The van der Waals surface area contributed by atoms with Crippen molar-refractivity contribution in [2.45, 2.75) is 49.3 Å². The van der Waals surface area contributed by atoms with Crippen molar-refractivity contribution in [1.82, 2.24) is 0 Å². The van der Waals surface area contributed by atoms with Crippen molar-refractivity contribution in [3.63, 3.8) is 0 Å². The molecule has 1 saturated heterocycles. The highest BCUT2D eigenvalue weighted by Crippen LogP contribution is 2.40. The molecule has 0 radical (unpaired) electrons. The number of sulfonamides is 1. The third-order valence-corrected chi connectivity index (χ3v) is 7.58. The van der Waals surface area contributed by atoms with E-state index in [0.717, 1.165) is 57.3 Å². The Balaban J connectivity index is 1.76. The van der Waals surface area contributed by atoms with Crippen molar-refractivity contribution < 1.29 is 18.3 Å². The summed E-state index contributed by atoms with van der Waals surface area (Å²) in [5.41, 5.74) is 2.03. The van der Waals surface area contributed by atoms with Crippen molar-refractivity contribution in [3.8, 4) is 6.07 Å². The van der Waals surface area contributed by atoms with E-state index in [1.807, 2.05) is 0 Å². The van der Waals surface area contributed by atoms with Gasteiger partial charge in [0.2, 0.25) is 0 Å². The SMILES string of the molecule is N#Cc1ccc(N2CCCCC2)c(NS(=O)(=O)c2cc(C(=O)O)ccc2C2CCC2)c1. The van der Waals surface area contributed by atoms with Crippen LogP contribution < -0.4 is 9.62 Å². The van der Waals surface area contributed by atoms with Gasteiger partial charge in [-0.15, -0.1) is 0 Å². The summed E-state index contributed by atoms with van der Waals surface area (Å²) in [6, 6.07) is 11.4. The first-order chi connectivity index (χ1) is 14.9. The zero-order chi connectivity index (χ0) is 22.0. The molecular formula is C23H25N3O4S. The largest absolute Gasteiger partial charge is 0.478 e. The summed E-state index contributed by atoms with van der Waals surface area (Å²) < 4.78 is 29.6. The number of rotatable bonds is 6. The molecule has 0 amide bonds. The van der Waals surface area contributed by atoms with Crippen molar-refractivity contribution in [3.05, 3.63) is 53.1 Å². The Morgan fingerprint density at radius 1 is 1.06 bits per heavy atom. The van der Waals surface area contributed by atoms with Gasteiger partial charge < -0.3 is 10.0 Å². The highest BCUT2D eigenvalue weighted by molar-refractivity contribution is 7.92. The summed E-state index contributed by atoms with van der Waals surface area (Å²) in [7, 11) is -4.06. The van der Waals surface area contributed by atoms with E-state index < -0.39 is 16.0 Å². The van der Waals surface area contributed by atoms with Crippen LogP contribution in [0.1, 0.15) is 65.9 Å². The molecule has 2 N–H and O–H groups in total. The van der Waals surface area contributed by atoms with Crippen LogP contribution in [0.25, 0.3) is 0 Å². The van der Waals surface area contributed by atoms with E-state index in [1.165, 1.54) is 12.1 Å². The molecule has 0 atom stereocenters. The monoisotopic (exact) mass is 439 g/mol. The second-order valence-electron chi connectivity index (χ2n) is 8.18. The summed E-state index contributed by atoms with van der Waals surface area (Å²) in [4.78, 5) is 13.6. The average molecular weight is 440 g/mol. The lowest BCUT2D eigenvalue weighted by molar-refractivity contribution is 0.0696. The van der Waals surface area contributed by atoms with E-state index >= 15 is 0 Å². The van der Waals surface area contributed by atoms with Crippen molar-refractivity contribution >= 4 is 27.4 Å². The number of piperidine rings is 1. The molecule has 8 heteroatoms. The van der Waals surface area contributed by atoms with Crippen molar-refractivity contribution in [2.24, 2.45) is 0 Å². The number of benzene rings is 2. The first kappa shape index (κ1) is 21.2. The van der Waals surface area contributed by atoms with Crippen LogP contribution in [0.15, 0.2) is 41.3 Å². The number of carbonyl (C=O) groups is 1. The van der Waals surface area contributed by atoms with Gasteiger partial charge in [0.05, 0.1) is 33.5 Å². The Kier molecular flexibility index (Phi) is 5.88. The summed E-state index contributed by atoms with van der Waals surface area (Å²) in [5.74, 6) is -1.06. The van der Waals surface area contributed by atoms with Crippen LogP contribution in [-0.4, -0.2) is 32.6 Å². The second-order valence-corrected chi connectivity index (χ2v) is 9.83. The van der Waals surface area contributed by atoms with E-state index in [1.54, 1.807) is 24.3 Å². The maximum absolute atomic E-state index is 13.5. The normalized spacial score (nSPS) is 16.9. The van der Waals surface area contributed by atoms with Crippen molar-refractivity contribution in [2.75, 3.05) is 22.7 Å². The van der Waals surface area contributed by atoms with E-state index in [-0.39, 0.29) is 16.4 Å². The number of hydrogen-bond donors (Lipinski definition) is 2. The summed E-state index contributed by atoms with van der Waals surface area (Å²) in [5, 5.41) is 18.7. The van der Waals surface area contributed by atoms with E-state index in [2.05, 4.69) is 15.7 Å². The van der Waals surface area contributed by atoms with Gasteiger partial charge in [0, 0.05) is 13.1 Å². The van der Waals surface area contributed by atoms with Crippen LogP contribution in [0, 0.1) is 11.3 Å². The Morgan fingerprint density at radius 2 is 1.81 bits per heavy atom. The molecule has 0 unspecified atom stereocenters. The van der Waals surface area contributed by atoms with E-state index in [4.69, 9.17) is 0 Å². The number of aromatic carboxylic acids is 1. The van der Waals surface area contributed by atoms with Gasteiger partial charge in [0.15, 0.2) is 0 Å². The van der Waals surface area contributed by atoms with Crippen LogP contribution in [0.3, 0.4) is 0 Å². The summed E-state index contributed by atoms with van der Waals surface area (Å²) in [6.45, 7) is 1.64. The predicted octanol–water partition coefficient (Wildman–Crippen LogP) is 4.32. The fraction of sp³-hybridized carbons (Fsp3) is 0.391. The van der Waals surface area contributed by atoms with E-state index in [0.29, 0.717) is 16.8 Å². The zero-order valence-electron chi connectivity index (χ0n) is 17.2. The first-order valence-corrected chi connectivity index (χ1v) is 12.1. The van der Waals surface area contributed by atoms with Gasteiger partial charge in [-0.05, 0) is 73.9 Å². The van der Waals surface area contributed by atoms with Gasteiger partial charge in [0.25, 0.3) is 10.0 Å². The molecule has 1 aliphatic carbocycles. The number of hydrogen-bond acceptors (Lipinski definition) is 5. The maximum Gasteiger partial charge on any atom is 0.335 e. The molecule has 0 spiro atoms. The fourth-order valence-corrected chi connectivity index (χ4v) is 5.64. The molecule has 162 valence electrons. The van der Waals surface area contributed by atoms with Crippen LogP contribution in [-0.2, 0) is 10.0 Å². The Morgan fingerprint density at radius 3 is 2.42 bits per heavy atom. The summed E-state index contributed by atoms with van der Waals surface area (Å²) >= 11 is 0. The molecule has 0 bridgehead atoms. The molecular weight excluding hydrogens is 414 g/mol. The molecule has 1 heterocycles. The van der Waals surface area contributed by atoms with Gasteiger partial charge >= 0.3 is 5.97 Å². The number of carboxylic acid groups (broad SMARTS) is 1. The van der Waals surface area contributed by atoms with Gasteiger partial charge in [0.1, 0.15) is 0 Å². The lowest BCUT2D eigenvalue weighted by Gasteiger charge is -2.31. The van der Waals surface area contributed by atoms with Crippen molar-refractivity contribution in [1.29, 1.82) is 5.26 Å². The van der Waals surface area contributed by atoms with E-state index in [9.17, 15) is 23.6 Å². The van der Waals surface area contributed by atoms with Gasteiger partial charge in [-0.25, -0.2) is 13.2 Å². The number of nitriles is 1. The first-order valence-electron chi connectivity index (χ1n) is 10.6. The molecule has 1 aliphatic heterocycles. The van der Waals surface area contributed by atoms with Crippen LogP contribution in [0.4, 0.5) is 11.4 Å². The molecule has 1 saturated carbocycles. The quantitative estimate of drug-likeness (QED) is 0.694. The summed E-state index contributed by atoms with van der Waals surface area (Å²) in [6.07, 6.45) is 6.00. The smallest absolute Gasteiger partial charge is 0.335 e. The van der Waals surface area contributed by atoms with Crippen LogP contribution >= 0.6 is 0 Å². The standard InChI is InChI=1S/C23H25N3O4S/c24-15-16-7-10-21(26-11-2-1-3-12-26)20(13-16)25-31(29,30)22-14-18(23(27)28)8-9-19(22)17-5-4-6-17/h7-10,13-14,17,25H,1-6,11-12H2,(H,27,28). The molecule has 2 aromatic carbocycles. The topological polar surface area (TPSA) is 111 Å². The minimum atomic E-state index is -4.06. The lowest BCUT2D eigenvalue weighted by atomic mass is 9.80. The van der Waals surface area contributed by atoms with Crippen LogP contribution in [0.2, 0.25) is 0 Å². The van der Waals surface area contributed by atoms with Crippen LogP contribution in [0.5, 0.6) is 0 Å². The Hall–Kier alpha value is -3.05. The second kappa shape index (κ2) is 8.60. The lowest BCUT2D eigenvalue weighted by Crippen LogP contribution is -2.30. The Labute approximate surface area is 182 Å². The number of nitrogens with one attached hydrogen (secondary N) is 1. The van der Waals surface area contributed by atoms with Gasteiger partial charge in [-0.2, -0.15) is 5.26 Å². The van der Waals surface area contributed by atoms with Gasteiger partial charge in [-0.1, -0.05) is 12.5 Å².